The molecule has 3 N–H and O–H groups in total. The number of hydrogen-bond donors (Lipinski definition) is 2. The largest absolute Gasteiger partial charge is 0.399 e. The first-order chi connectivity index (χ1) is 9.29. The average Bonchev–Trinajstić information content (AvgIpc) is 2.36. The summed E-state index contributed by atoms with van der Waals surface area (Å²) in [6.45, 7) is 0. The Kier molecular flexibility index (Phi) is 3.82. The van der Waals surface area contributed by atoms with Gasteiger partial charge in [0.15, 0.2) is 0 Å². The van der Waals surface area contributed by atoms with Crippen LogP contribution in [0.15, 0.2) is 41.3 Å². The number of anilines is 2. The molecular weight excluding hydrogens is 310 g/mol. The van der Waals surface area contributed by atoms with Crippen LogP contribution in [0.4, 0.5) is 20.2 Å². The van der Waals surface area contributed by atoms with Gasteiger partial charge in [-0.25, -0.2) is 17.2 Å². The maximum Gasteiger partial charge on any atom is 0.264 e. The van der Waals surface area contributed by atoms with Crippen molar-refractivity contribution in [2.24, 2.45) is 0 Å². The lowest BCUT2D eigenvalue weighted by molar-refractivity contribution is 0.570. The second kappa shape index (κ2) is 5.26. The Morgan fingerprint density at radius 3 is 2.35 bits per heavy atom. The Morgan fingerprint density at radius 1 is 1.05 bits per heavy atom. The monoisotopic (exact) mass is 318 g/mol. The number of hydrogen-bond acceptors (Lipinski definition) is 3. The second-order valence-corrected chi connectivity index (χ2v) is 5.98. The van der Waals surface area contributed by atoms with Crippen LogP contribution in [0.3, 0.4) is 0 Å². The molecule has 0 saturated heterocycles. The Bertz CT molecular complexity index is 766. The SMILES string of the molecule is Nc1ccc(F)c(S(=O)(=O)Nc2ccc(F)c(Cl)c2)c1. The van der Waals surface area contributed by atoms with Gasteiger partial charge in [-0.3, -0.25) is 4.72 Å². The summed E-state index contributed by atoms with van der Waals surface area (Å²) in [5.41, 5.74) is 5.55. The van der Waals surface area contributed by atoms with E-state index in [0.717, 1.165) is 24.3 Å². The summed E-state index contributed by atoms with van der Waals surface area (Å²) in [6, 6.07) is 6.42. The number of sulfonamides is 1. The zero-order valence-corrected chi connectivity index (χ0v) is 11.5. The molecule has 0 heterocycles. The van der Waals surface area contributed by atoms with Gasteiger partial charge in [0.05, 0.1) is 10.7 Å². The van der Waals surface area contributed by atoms with E-state index in [9.17, 15) is 17.2 Å². The lowest BCUT2D eigenvalue weighted by atomic mass is 10.3. The van der Waals surface area contributed by atoms with E-state index < -0.39 is 26.6 Å². The smallest absolute Gasteiger partial charge is 0.264 e. The molecule has 0 bridgehead atoms. The summed E-state index contributed by atoms with van der Waals surface area (Å²) >= 11 is 5.54. The fourth-order valence-corrected chi connectivity index (χ4v) is 2.84. The Hall–Kier alpha value is -1.86. The molecule has 0 fully saturated rings. The van der Waals surface area contributed by atoms with Crippen LogP contribution in [0.1, 0.15) is 0 Å². The van der Waals surface area contributed by atoms with E-state index in [0.29, 0.717) is 0 Å². The number of benzene rings is 2. The molecule has 106 valence electrons. The molecule has 0 spiro atoms. The molecule has 0 aromatic heterocycles. The minimum absolute atomic E-state index is 0.0122. The highest BCUT2D eigenvalue weighted by Crippen LogP contribution is 2.24. The molecule has 2 aromatic rings. The van der Waals surface area contributed by atoms with Crippen molar-refractivity contribution in [3.63, 3.8) is 0 Å². The zero-order chi connectivity index (χ0) is 14.9. The first-order valence-corrected chi connectivity index (χ1v) is 7.18. The highest BCUT2D eigenvalue weighted by Gasteiger charge is 2.20. The molecule has 0 amide bonds. The Morgan fingerprint density at radius 2 is 1.70 bits per heavy atom. The summed E-state index contributed by atoms with van der Waals surface area (Å²) in [6.07, 6.45) is 0. The molecule has 4 nitrogen and oxygen atoms in total. The standard InChI is InChI=1S/C12H9ClF2N2O2S/c13-9-6-8(2-4-10(9)14)17-20(18,19)12-5-7(16)1-3-11(12)15/h1-6,17H,16H2. The van der Waals surface area contributed by atoms with E-state index in [-0.39, 0.29) is 16.4 Å². The predicted octanol–water partition coefficient (Wildman–Crippen LogP) is 3.00. The van der Waals surface area contributed by atoms with Crippen molar-refractivity contribution in [2.75, 3.05) is 10.5 Å². The third-order valence-electron chi connectivity index (χ3n) is 2.42. The van der Waals surface area contributed by atoms with E-state index >= 15 is 0 Å². The lowest BCUT2D eigenvalue weighted by Gasteiger charge is -2.10. The highest BCUT2D eigenvalue weighted by molar-refractivity contribution is 7.92. The topological polar surface area (TPSA) is 72.2 Å². The number of rotatable bonds is 3. The van der Waals surface area contributed by atoms with Gasteiger partial charge in [0.2, 0.25) is 0 Å². The molecule has 0 aliphatic carbocycles. The van der Waals surface area contributed by atoms with E-state index in [1.807, 2.05) is 0 Å². The molecular formula is C12H9ClF2N2O2S. The van der Waals surface area contributed by atoms with Crippen LogP contribution in [-0.4, -0.2) is 8.42 Å². The number of nitrogen functional groups attached to an aromatic ring is 1. The summed E-state index contributed by atoms with van der Waals surface area (Å²) in [4.78, 5) is -0.599. The lowest BCUT2D eigenvalue weighted by Crippen LogP contribution is -2.15. The van der Waals surface area contributed by atoms with Gasteiger partial charge < -0.3 is 5.73 Å². The second-order valence-electron chi connectivity index (χ2n) is 3.92. The van der Waals surface area contributed by atoms with Crippen molar-refractivity contribution in [2.45, 2.75) is 4.90 Å². The molecule has 0 radical (unpaired) electrons. The van der Waals surface area contributed by atoms with Gasteiger partial charge in [-0.2, -0.15) is 0 Å². The van der Waals surface area contributed by atoms with Crippen LogP contribution in [-0.2, 0) is 10.0 Å². The van der Waals surface area contributed by atoms with E-state index in [1.165, 1.54) is 12.1 Å². The van der Waals surface area contributed by atoms with Gasteiger partial charge in [-0.1, -0.05) is 11.6 Å². The third kappa shape index (κ3) is 3.00. The van der Waals surface area contributed by atoms with Crippen LogP contribution in [0.2, 0.25) is 5.02 Å². The van der Waals surface area contributed by atoms with Crippen molar-refractivity contribution in [3.05, 3.63) is 53.1 Å². The minimum atomic E-state index is -4.18. The Balaban J connectivity index is 2.40. The molecule has 0 aliphatic heterocycles. The third-order valence-corrected chi connectivity index (χ3v) is 4.10. The zero-order valence-electron chi connectivity index (χ0n) is 9.90. The average molecular weight is 319 g/mol. The Labute approximate surface area is 119 Å². The summed E-state index contributed by atoms with van der Waals surface area (Å²) in [7, 11) is -4.18. The van der Waals surface area contributed by atoms with Crippen LogP contribution in [0.25, 0.3) is 0 Å². The number of nitrogens with one attached hydrogen (secondary N) is 1. The normalized spacial score (nSPS) is 11.3. The highest BCUT2D eigenvalue weighted by atomic mass is 35.5. The van der Waals surface area contributed by atoms with Crippen molar-refractivity contribution < 1.29 is 17.2 Å². The summed E-state index contributed by atoms with van der Waals surface area (Å²) in [5.74, 6) is -1.63. The van der Waals surface area contributed by atoms with Crippen molar-refractivity contribution in [1.29, 1.82) is 0 Å². The molecule has 0 unspecified atom stereocenters. The van der Waals surface area contributed by atoms with Crippen LogP contribution in [0.5, 0.6) is 0 Å². The van der Waals surface area contributed by atoms with E-state index in [1.54, 1.807) is 0 Å². The molecule has 0 aliphatic rings. The minimum Gasteiger partial charge on any atom is -0.399 e. The van der Waals surface area contributed by atoms with Crippen LogP contribution in [0, 0.1) is 11.6 Å². The maximum absolute atomic E-state index is 13.6. The number of halogens is 3. The van der Waals surface area contributed by atoms with Gasteiger partial charge in [-0.05, 0) is 36.4 Å². The molecule has 0 saturated carbocycles. The maximum atomic E-state index is 13.6. The fourth-order valence-electron chi connectivity index (χ4n) is 1.50. The van der Waals surface area contributed by atoms with Gasteiger partial charge in [0, 0.05) is 5.69 Å². The van der Waals surface area contributed by atoms with E-state index in [2.05, 4.69) is 4.72 Å². The quantitative estimate of drug-likeness (QED) is 0.854. The van der Waals surface area contributed by atoms with Gasteiger partial charge in [0.1, 0.15) is 16.5 Å². The van der Waals surface area contributed by atoms with Crippen LogP contribution >= 0.6 is 11.6 Å². The van der Waals surface area contributed by atoms with Crippen molar-refractivity contribution in [1.82, 2.24) is 0 Å². The predicted molar refractivity (Wildman–Crippen MR) is 73.0 cm³/mol. The summed E-state index contributed by atoms with van der Waals surface area (Å²) in [5, 5.41) is -0.252. The van der Waals surface area contributed by atoms with E-state index in [4.69, 9.17) is 17.3 Å². The summed E-state index contributed by atoms with van der Waals surface area (Å²) < 4.78 is 52.7. The fraction of sp³-hybridized carbons (Fsp3) is 0. The molecule has 2 aromatic carbocycles. The number of nitrogens with two attached hydrogens (primary N) is 1. The van der Waals surface area contributed by atoms with Gasteiger partial charge in [-0.15, -0.1) is 0 Å². The molecule has 8 heteroatoms. The first kappa shape index (κ1) is 14.5. The van der Waals surface area contributed by atoms with Gasteiger partial charge in [0.25, 0.3) is 10.0 Å². The van der Waals surface area contributed by atoms with Crippen LogP contribution < -0.4 is 10.5 Å². The van der Waals surface area contributed by atoms with Gasteiger partial charge >= 0.3 is 0 Å². The molecule has 20 heavy (non-hydrogen) atoms. The first-order valence-electron chi connectivity index (χ1n) is 5.32. The molecule has 0 atom stereocenters. The molecule has 2 rings (SSSR count). The van der Waals surface area contributed by atoms with Crippen molar-refractivity contribution >= 4 is 33.0 Å². The van der Waals surface area contributed by atoms with Crippen molar-refractivity contribution in [3.8, 4) is 0 Å².